The van der Waals surface area contributed by atoms with E-state index in [4.69, 9.17) is 10.5 Å². The molecule has 0 aromatic heterocycles. The molecule has 2 saturated heterocycles. The van der Waals surface area contributed by atoms with Gasteiger partial charge in [0.25, 0.3) is 0 Å². The molecule has 4 nitrogen and oxygen atoms in total. The van der Waals surface area contributed by atoms with Crippen molar-refractivity contribution in [1.82, 2.24) is 4.90 Å². The first kappa shape index (κ1) is 9.93. The van der Waals surface area contributed by atoms with Crippen LogP contribution in [0.4, 0.5) is 0 Å². The molecule has 0 aromatic rings. The highest BCUT2D eigenvalue weighted by Gasteiger charge is 2.42. The molecule has 2 atom stereocenters. The van der Waals surface area contributed by atoms with Crippen molar-refractivity contribution < 1.29 is 9.53 Å². The van der Waals surface area contributed by atoms with E-state index in [9.17, 15) is 4.79 Å². The minimum Gasteiger partial charge on any atom is -0.381 e. The van der Waals surface area contributed by atoms with Gasteiger partial charge < -0.3 is 15.4 Å². The van der Waals surface area contributed by atoms with Gasteiger partial charge in [-0.05, 0) is 19.8 Å². The molecule has 0 aliphatic carbocycles. The molecule has 2 heterocycles. The summed E-state index contributed by atoms with van der Waals surface area (Å²) in [4.78, 5) is 13.5. The number of amides is 1. The lowest BCUT2D eigenvalue weighted by atomic mass is 9.87. The van der Waals surface area contributed by atoms with E-state index in [2.05, 4.69) is 0 Å². The van der Waals surface area contributed by atoms with Crippen LogP contribution in [-0.4, -0.2) is 43.2 Å². The largest absolute Gasteiger partial charge is 0.381 e. The van der Waals surface area contributed by atoms with Crippen molar-refractivity contribution >= 4 is 5.91 Å². The van der Waals surface area contributed by atoms with Crippen LogP contribution in [0.5, 0.6) is 0 Å². The maximum Gasteiger partial charge on any atom is 0.239 e. The van der Waals surface area contributed by atoms with Crippen LogP contribution in [0.1, 0.15) is 19.8 Å². The summed E-state index contributed by atoms with van der Waals surface area (Å²) in [5.41, 5.74) is 5.83. The molecule has 2 N–H and O–H groups in total. The van der Waals surface area contributed by atoms with Gasteiger partial charge in [-0.2, -0.15) is 0 Å². The third-order valence-corrected chi connectivity index (χ3v) is 3.32. The SMILES string of the molecule is CC(N)C(=O)N1CCC2(CCOC2)C1. The average molecular weight is 198 g/mol. The summed E-state index contributed by atoms with van der Waals surface area (Å²) >= 11 is 0. The summed E-state index contributed by atoms with van der Waals surface area (Å²) < 4.78 is 5.40. The van der Waals surface area contributed by atoms with Gasteiger partial charge in [0.15, 0.2) is 0 Å². The molecule has 1 spiro atoms. The maximum absolute atomic E-state index is 11.6. The van der Waals surface area contributed by atoms with E-state index in [1.165, 1.54) is 0 Å². The predicted molar refractivity (Wildman–Crippen MR) is 52.7 cm³/mol. The summed E-state index contributed by atoms with van der Waals surface area (Å²) in [6.07, 6.45) is 2.17. The summed E-state index contributed by atoms with van der Waals surface area (Å²) in [6.45, 7) is 5.10. The topological polar surface area (TPSA) is 55.6 Å². The zero-order chi connectivity index (χ0) is 10.2. The van der Waals surface area contributed by atoms with Crippen molar-refractivity contribution in [1.29, 1.82) is 0 Å². The predicted octanol–water partition coefficient (Wildman–Crippen LogP) is -0.0274. The Morgan fingerprint density at radius 2 is 2.36 bits per heavy atom. The molecule has 0 saturated carbocycles. The summed E-state index contributed by atoms with van der Waals surface area (Å²) in [7, 11) is 0. The summed E-state index contributed by atoms with van der Waals surface area (Å²) in [5.74, 6) is 0.0776. The normalized spacial score (nSPS) is 34.0. The fourth-order valence-corrected chi connectivity index (χ4v) is 2.38. The lowest BCUT2D eigenvalue weighted by Crippen LogP contribution is -2.41. The van der Waals surface area contributed by atoms with Crippen molar-refractivity contribution in [3.05, 3.63) is 0 Å². The molecule has 2 fully saturated rings. The number of carbonyl (C=O) groups excluding carboxylic acids is 1. The second-order valence-electron chi connectivity index (χ2n) is 4.60. The van der Waals surface area contributed by atoms with E-state index in [1.807, 2.05) is 4.90 Å². The molecule has 2 unspecified atom stereocenters. The van der Waals surface area contributed by atoms with Crippen molar-refractivity contribution in [2.45, 2.75) is 25.8 Å². The van der Waals surface area contributed by atoms with Gasteiger partial charge in [0.1, 0.15) is 0 Å². The maximum atomic E-state index is 11.6. The summed E-state index contributed by atoms with van der Waals surface area (Å²) in [5, 5.41) is 0. The molecule has 2 aliphatic heterocycles. The minimum atomic E-state index is -0.368. The van der Waals surface area contributed by atoms with Crippen LogP contribution in [0.2, 0.25) is 0 Å². The van der Waals surface area contributed by atoms with Crippen LogP contribution in [0.3, 0.4) is 0 Å². The van der Waals surface area contributed by atoms with Crippen LogP contribution in [-0.2, 0) is 9.53 Å². The second-order valence-corrected chi connectivity index (χ2v) is 4.60. The van der Waals surface area contributed by atoms with Crippen LogP contribution in [0, 0.1) is 5.41 Å². The number of rotatable bonds is 1. The van der Waals surface area contributed by atoms with Crippen LogP contribution < -0.4 is 5.73 Å². The van der Waals surface area contributed by atoms with Crippen molar-refractivity contribution in [3.63, 3.8) is 0 Å². The van der Waals surface area contributed by atoms with Gasteiger partial charge in [0.2, 0.25) is 5.91 Å². The Bertz CT molecular complexity index is 234. The summed E-state index contributed by atoms with van der Waals surface area (Å²) in [6, 6.07) is -0.368. The Hall–Kier alpha value is -0.610. The van der Waals surface area contributed by atoms with Gasteiger partial charge in [-0.25, -0.2) is 0 Å². The lowest BCUT2D eigenvalue weighted by Gasteiger charge is -2.23. The van der Waals surface area contributed by atoms with Crippen molar-refractivity contribution in [2.75, 3.05) is 26.3 Å². The highest BCUT2D eigenvalue weighted by atomic mass is 16.5. The van der Waals surface area contributed by atoms with Gasteiger partial charge >= 0.3 is 0 Å². The van der Waals surface area contributed by atoms with Crippen LogP contribution in [0.15, 0.2) is 0 Å². The van der Waals surface area contributed by atoms with Gasteiger partial charge in [0.05, 0.1) is 12.6 Å². The number of hydrogen-bond acceptors (Lipinski definition) is 3. The number of nitrogens with zero attached hydrogens (tertiary/aromatic N) is 1. The van der Waals surface area contributed by atoms with Gasteiger partial charge in [0, 0.05) is 25.1 Å². The minimum absolute atomic E-state index is 0.0776. The molecule has 14 heavy (non-hydrogen) atoms. The van der Waals surface area contributed by atoms with Crippen molar-refractivity contribution in [3.8, 4) is 0 Å². The van der Waals surface area contributed by atoms with E-state index >= 15 is 0 Å². The Morgan fingerprint density at radius 1 is 1.57 bits per heavy atom. The molecular formula is C10H18N2O2. The molecule has 0 bridgehead atoms. The van der Waals surface area contributed by atoms with E-state index in [-0.39, 0.29) is 17.4 Å². The van der Waals surface area contributed by atoms with Gasteiger partial charge in [-0.3, -0.25) is 4.79 Å². The Balaban J connectivity index is 1.97. The van der Waals surface area contributed by atoms with E-state index in [1.54, 1.807) is 6.92 Å². The fraction of sp³-hybridized carbons (Fsp3) is 0.900. The lowest BCUT2D eigenvalue weighted by molar-refractivity contribution is -0.131. The molecule has 2 aliphatic rings. The molecular weight excluding hydrogens is 180 g/mol. The Labute approximate surface area is 84.4 Å². The van der Waals surface area contributed by atoms with Crippen LogP contribution in [0.25, 0.3) is 0 Å². The highest BCUT2D eigenvalue weighted by Crippen LogP contribution is 2.38. The third kappa shape index (κ3) is 1.64. The zero-order valence-electron chi connectivity index (χ0n) is 8.66. The number of carbonyl (C=O) groups is 1. The van der Waals surface area contributed by atoms with E-state index in [0.717, 1.165) is 39.1 Å². The monoisotopic (exact) mass is 198 g/mol. The zero-order valence-corrected chi connectivity index (χ0v) is 8.66. The first-order chi connectivity index (χ1) is 6.63. The molecule has 0 radical (unpaired) electrons. The van der Waals surface area contributed by atoms with E-state index in [0.29, 0.717) is 0 Å². The number of hydrogen-bond donors (Lipinski definition) is 1. The Kier molecular flexibility index (Phi) is 2.49. The smallest absolute Gasteiger partial charge is 0.239 e. The number of ether oxygens (including phenoxy) is 1. The van der Waals surface area contributed by atoms with E-state index < -0.39 is 0 Å². The first-order valence-corrected chi connectivity index (χ1v) is 5.25. The van der Waals surface area contributed by atoms with Crippen LogP contribution >= 0.6 is 0 Å². The molecule has 2 rings (SSSR count). The quantitative estimate of drug-likeness (QED) is 0.644. The fourth-order valence-electron chi connectivity index (χ4n) is 2.38. The first-order valence-electron chi connectivity index (χ1n) is 5.25. The number of nitrogens with two attached hydrogens (primary N) is 1. The third-order valence-electron chi connectivity index (χ3n) is 3.32. The molecule has 0 aromatic carbocycles. The van der Waals surface area contributed by atoms with Crippen molar-refractivity contribution in [2.24, 2.45) is 11.1 Å². The standard InChI is InChI=1S/C10H18N2O2/c1-8(11)9(13)12-4-2-10(6-12)3-5-14-7-10/h8H,2-7,11H2,1H3. The molecule has 80 valence electrons. The average Bonchev–Trinajstić information content (AvgIpc) is 2.76. The highest BCUT2D eigenvalue weighted by molar-refractivity contribution is 5.81. The Morgan fingerprint density at radius 3 is 2.93 bits per heavy atom. The second kappa shape index (κ2) is 3.51. The van der Waals surface area contributed by atoms with Gasteiger partial charge in [-0.15, -0.1) is 0 Å². The number of likely N-dealkylation sites (tertiary alicyclic amines) is 1. The van der Waals surface area contributed by atoms with Gasteiger partial charge in [-0.1, -0.05) is 0 Å². The molecule has 4 heteroatoms. The molecule has 1 amide bonds.